The van der Waals surface area contributed by atoms with Crippen molar-refractivity contribution in [3.8, 4) is 0 Å². The van der Waals surface area contributed by atoms with Crippen LogP contribution >= 0.6 is 0 Å². The average molecular weight is 173 g/mol. The third-order valence-electron chi connectivity index (χ3n) is 1.87. The lowest BCUT2D eigenvalue weighted by Crippen LogP contribution is -2.25. The fourth-order valence-electron chi connectivity index (χ4n) is 1.15. The van der Waals surface area contributed by atoms with Gasteiger partial charge in [-0.2, -0.15) is 0 Å². The molecule has 2 N–H and O–H groups in total. The molecule has 3 nitrogen and oxygen atoms in total. The number of rotatable bonds is 5. The van der Waals surface area contributed by atoms with Gasteiger partial charge >= 0.3 is 5.97 Å². The predicted octanol–water partition coefficient (Wildman–Crippen LogP) is 1.17. The molecule has 0 aliphatic rings. The van der Waals surface area contributed by atoms with Crippen LogP contribution in [0, 0.1) is 11.8 Å². The molecule has 0 saturated carbocycles. The predicted molar refractivity (Wildman–Crippen MR) is 48.6 cm³/mol. The second-order valence-electron chi connectivity index (χ2n) is 3.18. The Kier molecular flexibility index (Phi) is 5.72. The smallest absolute Gasteiger partial charge is 0.309 e. The van der Waals surface area contributed by atoms with E-state index >= 15 is 0 Å². The highest BCUT2D eigenvalue weighted by Crippen LogP contribution is 2.15. The van der Waals surface area contributed by atoms with Crippen LogP contribution in [0.3, 0.4) is 0 Å². The first kappa shape index (κ1) is 11.4. The largest absolute Gasteiger partial charge is 0.466 e. The molecule has 1 atom stereocenters. The first-order valence-corrected chi connectivity index (χ1v) is 4.50. The van der Waals surface area contributed by atoms with E-state index in [-0.39, 0.29) is 11.9 Å². The minimum absolute atomic E-state index is 0.0325. The summed E-state index contributed by atoms with van der Waals surface area (Å²) in [5, 5.41) is 0. The topological polar surface area (TPSA) is 52.3 Å². The van der Waals surface area contributed by atoms with Crippen LogP contribution in [0.5, 0.6) is 0 Å². The molecule has 0 aromatic heterocycles. The third kappa shape index (κ3) is 3.72. The summed E-state index contributed by atoms with van der Waals surface area (Å²) in [4.78, 5) is 11.3. The molecule has 3 heteroatoms. The third-order valence-corrected chi connectivity index (χ3v) is 1.87. The van der Waals surface area contributed by atoms with Crippen molar-refractivity contribution >= 4 is 5.97 Å². The Bertz CT molecular complexity index is 134. The summed E-state index contributed by atoms with van der Waals surface area (Å²) in [6, 6.07) is 0. The van der Waals surface area contributed by atoms with Gasteiger partial charge in [-0.1, -0.05) is 13.8 Å². The van der Waals surface area contributed by atoms with Gasteiger partial charge in [0, 0.05) is 0 Å². The minimum atomic E-state index is -0.113. The molecule has 0 saturated heterocycles. The van der Waals surface area contributed by atoms with Crippen LogP contribution in [0.4, 0.5) is 0 Å². The summed E-state index contributed by atoms with van der Waals surface area (Å²) < 4.78 is 4.92. The Morgan fingerprint density at radius 3 is 2.42 bits per heavy atom. The molecule has 0 bridgehead atoms. The summed E-state index contributed by atoms with van der Waals surface area (Å²) >= 11 is 0. The Labute approximate surface area is 74.3 Å². The molecule has 0 spiro atoms. The molecule has 0 heterocycles. The SMILES string of the molecule is CCOC(=O)C(CCN)C(C)C. The molecule has 0 aromatic carbocycles. The van der Waals surface area contributed by atoms with Crippen LogP contribution in [0.2, 0.25) is 0 Å². The van der Waals surface area contributed by atoms with Crippen molar-refractivity contribution < 1.29 is 9.53 Å². The van der Waals surface area contributed by atoms with Gasteiger partial charge in [-0.25, -0.2) is 0 Å². The van der Waals surface area contributed by atoms with Gasteiger partial charge in [0.15, 0.2) is 0 Å². The van der Waals surface area contributed by atoms with E-state index in [2.05, 4.69) is 0 Å². The van der Waals surface area contributed by atoms with Crippen LogP contribution in [0.15, 0.2) is 0 Å². The lowest BCUT2D eigenvalue weighted by molar-refractivity contribution is -0.149. The van der Waals surface area contributed by atoms with Crippen molar-refractivity contribution in [2.45, 2.75) is 27.2 Å². The van der Waals surface area contributed by atoms with Gasteiger partial charge in [0.05, 0.1) is 12.5 Å². The highest BCUT2D eigenvalue weighted by atomic mass is 16.5. The molecule has 0 aliphatic carbocycles. The molecule has 0 amide bonds. The second-order valence-corrected chi connectivity index (χ2v) is 3.18. The van der Waals surface area contributed by atoms with E-state index in [9.17, 15) is 4.79 Å². The zero-order chi connectivity index (χ0) is 9.56. The number of carbonyl (C=O) groups is 1. The van der Waals surface area contributed by atoms with Crippen LogP contribution in [0.1, 0.15) is 27.2 Å². The van der Waals surface area contributed by atoms with Gasteiger partial charge < -0.3 is 10.5 Å². The first-order chi connectivity index (χ1) is 5.63. The highest BCUT2D eigenvalue weighted by molar-refractivity contribution is 5.72. The normalized spacial score (nSPS) is 13.1. The number of hydrogen-bond acceptors (Lipinski definition) is 3. The van der Waals surface area contributed by atoms with Crippen molar-refractivity contribution in [2.75, 3.05) is 13.2 Å². The Morgan fingerprint density at radius 1 is 1.50 bits per heavy atom. The quantitative estimate of drug-likeness (QED) is 0.635. The number of esters is 1. The molecule has 0 rings (SSSR count). The van der Waals surface area contributed by atoms with Crippen molar-refractivity contribution in [1.82, 2.24) is 0 Å². The van der Waals surface area contributed by atoms with Crippen LogP contribution in [-0.2, 0) is 9.53 Å². The zero-order valence-electron chi connectivity index (χ0n) is 8.17. The van der Waals surface area contributed by atoms with Crippen LogP contribution < -0.4 is 5.73 Å². The van der Waals surface area contributed by atoms with E-state index in [0.717, 1.165) is 6.42 Å². The van der Waals surface area contributed by atoms with Gasteiger partial charge in [0.1, 0.15) is 0 Å². The van der Waals surface area contributed by atoms with E-state index in [4.69, 9.17) is 10.5 Å². The van der Waals surface area contributed by atoms with E-state index in [1.165, 1.54) is 0 Å². The van der Waals surface area contributed by atoms with Gasteiger partial charge in [0.2, 0.25) is 0 Å². The highest BCUT2D eigenvalue weighted by Gasteiger charge is 2.21. The van der Waals surface area contributed by atoms with Gasteiger partial charge in [-0.15, -0.1) is 0 Å². The fourth-order valence-corrected chi connectivity index (χ4v) is 1.15. The van der Waals surface area contributed by atoms with Crippen molar-refractivity contribution in [3.05, 3.63) is 0 Å². The van der Waals surface area contributed by atoms with Gasteiger partial charge in [-0.05, 0) is 25.8 Å². The number of ether oxygens (including phenoxy) is 1. The lowest BCUT2D eigenvalue weighted by atomic mass is 9.93. The molecule has 72 valence electrons. The van der Waals surface area contributed by atoms with Crippen molar-refractivity contribution in [1.29, 1.82) is 0 Å². The average Bonchev–Trinajstić information content (AvgIpc) is 1.99. The van der Waals surface area contributed by atoms with Crippen molar-refractivity contribution in [3.63, 3.8) is 0 Å². The Morgan fingerprint density at radius 2 is 2.08 bits per heavy atom. The minimum Gasteiger partial charge on any atom is -0.466 e. The van der Waals surface area contributed by atoms with Crippen LogP contribution in [-0.4, -0.2) is 19.1 Å². The first-order valence-electron chi connectivity index (χ1n) is 4.50. The second kappa shape index (κ2) is 6.00. The van der Waals surface area contributed by atoms with E-state index in [1.54, 1.807) is 0 Å². The van der Waals surface area contributed by atoms with E-state index in [0.29, 0.717) is 19.1 Å². The van der Waals surface area contributed by atoms with Gasteiger partial charge in [-0.3, -0.25) is 4.79 Å². The number of carbonyl (C=O) groups excluding carboxylic acids is 1. The maximum atomic E-state index is 11.3. The van der Waals surface area contributed by atoms with Gasteiger partial charge in [0.25, 0.3) is 0 Å². The summed E-state index contributed by atoms with van der Waals surface area (Å²) in [7, 11) is 0. The van der Waals surface area contributed by atoms with E-state index < -0.39 is 0 Å². The summed E-state index contributed by atoms with van der Waals surface area (Å²) in [6.07, 6.45) is 0.719. The van der Waals surface area contributed by atoms with Crippen molar-refractivity contribution in [2.24, 2.45) is 17.6 Å². The maximum absolute atomic E-state index is 11.3. The molecule has 0 radical (unpaired) electrons. The fraction of sp³-hybridized carbons (Fsp3) is 0.889. The lowest BCUT2D eigenvalue weighted by Gasteiger charge is -2.17. The number of hydrogen-bond donors (Lipinski definition) is 1. The maximum Gasteiger partial charge on any atom is 0.309 e. The molecule has 0 aromatic rings. The van der Waals surface area contributed by atoms with Crippen LogP contribution in [0.25, 0.3) is 0 Å². The monoisotopic (exact) mass is 173 g/mol. The number of nitrogens with two attached hydrogens (primary N) is 1. The summed E-state index contributed by atoms with van der Waals surface area (Å²) in [5.41, 5.74) is 5.39. The molecule has 1 unspecified atom stereocenters. The van der Waals surface area contributed by atoms with E-state index in [1.807, 2.05) is 20.8 Å². The molecule has 0 aliphatic heterocycles. The Hall–Kier alpha value is -0.570. The molecular formula is C9H19NO2. The summed E-state index contributed by atoms with van der Waals surface area (Å²) in [5.74, 6) is 0.167. The standard InChI is InChI=1S/C9H19NO2/c1-4-12-9(11)8(5-6-10)7(2)3/h7-8H,4-6,10H2,1-3H3. The Balaban J connectivity index is 4.00. The molecular weight excluding hydrogens is 154 g/mol. The summed E-state index contributed by atoms with van der Waals surface area (Å²) in [6.45, 7) is 6.83. The zero-order valence-corrected chi connectivity index (χ0v) is 8.17. The molecule has 12 heavy (non-hydrogen) atoms. The molecule has 0 fully saturated rings.